The van der Waals surface area contributed by atoms with Gasteiger partial charge in [-0.15, -0.1) is 0 Å². The third kappa shape index (κ3) is 2.49. The number of nitrogens with zero attached hydrogens (tertiary/aromatic N) is 2. The molecular weight excluding hydrogens is 314 g/mol. The van der Waals surface area contributed by atoms with E-state index < -0.39 is 0 Å². The first-order valence-corrected chi connectivity index (χ1v) is 8.07. The average molecular weight is 334 g/mol. The van der Waals surface area contributed by atoms with Gasteiger partial charge in [0.15, 0.2) is 0 Å². The maximum atomic E-state index is 6.09. The molecule has 2 heterocycles. The summed E-state index contributed by atoms with van der Waals surface area (Å²) in [7, 11) is 0. The second-order valence-corrected chi connectivity index (χ2v) is 6.48. The molecule has 0 amide bonds. The van der Waals surface area contributed by atoms with Crippen molar-refractivity contribution in [3.05, 3.63) is 28.9 Å². The zero-order valence-corrected chi connectivity index (χ0v) is 13.4. The van der Waals surface area contributed by atoms with E-state index in [1.165, 1.54) is 24.9 Å². The average Bonchev–Trinajstić information content (AvgIpc) is 2.48. The molecule has 106 valence electrons. The molecule has 1 aliphatic rings. The van der Waals surface area contributed by atoms with Gasteiger partial charge in [-0.05, 0) is 52.9 Å². The molecule has 1 aromatic heterocycles. The van der Waals surface area contributed by atoms with Crippen molar-refractivity contribution < 1.29 is 0 Å². The van der Waals surface area contributed by atoms with E-state index in [-0.39, 0.29) is 0 Å². The summed E-state index contributed by atoms with van der Waals surface area (Å²) >= 11 is 3.47. The monoisotopic (exact) mass is 333 g/mol. The molecule has 0 spiro atoms. The van der Waals surface area contributed by atoms with E-state index in [1.54, 1.807) is 0 Å². The number of halogens is 1. The number of hydrogen-bond acceptors (Lipinski definition) is 3. The second-order valence-electron chi connectivity index (χ2n) is 5.56. The zero-order chi connectivity index (χ0) is 14.1. The van der Waals surface area contributed by atoms with Crippen molar-refractivity contribution in [2.45, 2.75) is 26.2 Å². The molecule has 0 unspecified atom stereocenters. The first-order chi connectivity index (χ1) is 9.69. The Morgan fingerprint density at radius 3 is 2.80 bits per heavy atom. The Bertz CT molecular complexity index is 618. The smallest absolute Gasteiger partial charge is 0.0956 e. The van der Waals surface area contributed by atoms with Crippen molar-refractivity contribution >= 4 is 38.2 Å². The summed E-state index contributed by atoms with van der Waals surface area (Å²) in [5, 5.41) is 1.04. The van der Waals surface area contributed by atoms with Crippen molar-refractivity contribution in [1.82, 2.24) is 4.98 Å². The minimum atomic E-state index is 0.793. The fraction of sp³-hybridized carbons (Fsp3) is 0.438. The first kappa shape index (κ1) is 13.7. The van der Waals surface area contributed by atoms with E-state index >= 15 is 0 Å². The highest BCUT2D eigenvalue weighted by Crippen LogP contribution is 2.33. The molecule has 0 radical (unpaired) electrons. The van der Waals surface area contributed by atoms with Gasteiger partial charge in [0.05, 0.1) is 11.2 Å². The fourth-order valence-corrected chi connectivity index (χ4v) is 3.37. The van der Waals surface area contributed by atoms with Gasteiger partial charge >= 0.3 is 0 Å². The maximum absolute atomic E-state index is 6.09. The zero-order valence-electron chi connectivity index (χ0n) is 11.8. The predicted molar refractivity (Wildman–Crippen MR) is 89.1 cm³/mol. The van der Waals surface area contributed by atoms with Crippen LogP contribution in [0.4, 0.5) is 11.4 Å². The van der Waals surface area contributed by atoms with Gasteiger partial charge in [-0.25, -0.2) is 0 Å². The number of pyridine rings is 1. The minimum absolute atomic E-state index is 0.793. The summed E-state index contributed by atoms with van der Waals surface area (Å²) in [5.74, 6) is 0.883. The minimum Gasteiger partial charge on any atom is -0.398 e. The molecule has 1 fully saturated rings. The number of hydrogen-bond donors (Lipinski definition) is 1. The molecule has 1 aliphatic heterocycles. The van der Waals surface area contributed by atoms with Gasteiger partial charge in [-0.3, -0.25) is 4.98 Å². The number of rotatable bonds is 2. The van der Waals surface area contributed by atoms with Crippen molar-refractivity contribution in [1.29, 1.82) is 0 Å². The number of benzene rings is 1. The van der Waals surface area contributed by atoms with Gasteiger partial charge in [0.25, 0.3) is 0 Å². The molecule has 2 aromatic rings. The van der Waals surface area contributed by atoms with Crippen LogP contribution < -0.4 is 10.6 Å². The highest BCUT2D eigenvalue weighted by atomic mass is 79.9. The summed E-state index contributed by atoms with van der Waals surface area (Å²) in [6.45, 7) is 4.53. The quantitative estimate of drug-likeness (QED) is 0.837. The van der Waals surface area contributed by atoms with Crippen molar-refractivity contribution in [2.24, 2.45) is 5.92 Å². The number of anilines is 2. The van der Waals surface area contributed by atoms with Gasteiger partial charge < -0.3 is 10.6 Å². The van der Waals surface area contributed by atoms with Crippen LogP contribution in [0.2, 0.25) is 0 Å². The predicted octanol–water partition coefficient (Wildman–Crippen LogP) is 4.21. The molecule has 2 N–H and O–H groups in total. The molecule has 1 aromatic carbocycles. The molecule has 4 heteroatoms. The van der Waals surface area contributed by atoms with E-state index in [0.717, 1.165) is 40.1 Å². The van der Waals surface area contributed by atoms with E-state index in [2.05, 4.69) is 44.9 Å². The number of piperidine rings is 1. The van der Waals surface area contributed by atoms with Crippen LogP contribution in [0.5, 0.6) is 0 Å². The fourth-order valence-electron chi connectivity index (χ4n) is 3.04. The Labute approximate surface area is 128 Å². The third-order valence-electron chi connectivity index (χ3n) is 4.36. The maximum Gasteiger partial charge on any atom is 0.0956 e. The first-order valence-electron chi connectivity index (χ1n) is 7.27. The van der Waals surface area contributed by atoms with Crippen molar-refractivity contribution in [2.75, 3.05) is 23.7 Å². The molecule has 1 saturated heterocycles. The lowest BCUT2D eigenvalue weighted by Crippen LogP contribution is -2.33. The molecule has 0 aliphatic carbocycles. The third-order valence-corrected chi connectivity index (χ3v) is 4.79. The molecule has 20 heavy (non-hydrogen) atoms. The Kier molecular flexibility index (Phi) is 3.83. The van der Waals surface area contributed by atoms with E-state index in [9.17, 15) is 0 Å². The molecule has 3 rings (SSSR count). The lowest BCUT2D eigenvalue weighted by atomic mass is 9.94. The summed E-state index contributed by atoms with van der Waals surface area (Å²) in [6.07, 6.45) is 5.70. The lowest BCUT2D eigenvalue weighted by molar-refractivity contribution is 0.395. The summed E-state index contributed by atoms with van der Waals surface area (Å²) in [6, 6.07) is 6.17. The van der Waals surface area contributed by atoms with Crippen LogP contribution in [0.15, 0.2) is 28.9 Å². The summed E-state index contributed by atoms with van der Waals surface area (Å²) in [4.78, 5) is 7.04. The molecule has 0 atom stereocenters. The van der Waals surface area contributed by atoms with Crippen LogP contribution in [0.1, 0.15) is 26.2 Å². The highest BCUT2D eigenvalue weighted by molar-refractivity contribution is 9.10. The van der Waals surface area contributed by atoms with Gasteiger partial charge in [0, 0.05) is 34.8 Å². The Hall–Kier alpha value is -1.29. The SMILES string of the molecule is CCC1CCN(c2ccc(N)c3cc(Br)cnc23)CC1. The van der Waals surface area contributed by atoms with E-state index in [4.69, 9.17) is 5.73 Å². The Morgan fingerprint density at radius 2 is 2.10 bits per heavy atom. The lowest BCUT2D eigenvalue weighted by Gasteiger charge is -2.33. The number of aromatic nitrogens is 1. The topological polar surface area (TPSA) is 42.1 Å². The van der Waals surface area contributed by atoms with E-state index in [0.29, 0.717) is 0 Å². The van der Waals surface area contributed by atoms with Crippen LogP contribution >= 0.6 is 15.9 Å². The van der Waals surface area contributed by atoms with Crippen LogP contribution in [-0.4, -0.2) is 18.1 Å². The summed E-state index contributed by atoms with van der Waals surface area (Å²) < 4.78 is 0.971. The van der Waals surface area contributed by atoms with Gasteiger partial charge in [-0.2, -0.15) is 0 Å². The van der Waals surface area contributed by atoms with Crippen LogP contribution in [0.25, 0.3) is 10.9 Å². The van der Waals surface area contributed by atoms with Gasteiger partial charge in [0.2, 0.25) is 0 Å². The summed E-state index contributed by atoms with van der Waals surface area (Å²) in [5.41, 5.74) is 9.12. The molecule has 3 nitrogen and oxygen atoms in total. The van der Waals surface area contributed by atoms with Gasteiger partial charge in [-0.1, -0.05) is 13.3 Å². The molecular formula is C16H20BrN3. The van der Waals surface area contributed by atoms with Crippen molar-refractivity contribution in [3.8, 4) is 0 Å². The Morgan fingerprint density at radius 1 is 1.35 bits per heavy atom. The number of nitrogen functional groups attached to an aromatic ring is 1. The standard InChI is InChI=1S/C16H20BrN3/c1-2-11-5-7-20(8-6-11)15-4-3-14(18)13-9-12(17)10-19-16(13)15/h3-4,9-11H,2,5-8,18H2,1H3. The van der Waals surface area contributed by atoms with Crippen LogP contribution in [0.3, 0.4) is 0 Å². The van der Waals surface area contributed by atoms with Crippen LogP contribution in [-0.2, 0) is 0 Å². The molecule has 0 bridgehead atoms. The Balaban J connectivity index is 1.98. The van der Waals surface area contributed by atoms with Crippen molar-refractivity contribution in [3.63, 3.8) is 0 Å². The largest absolute Gasteiger partial charge is 0.398 e. The van der Waals surface area contributed by atoms with Crippen LogP contribution in [0, 0.1) is 5.92 Å². The number of nitrogens with two attached hydrogens (primary N) is 1. The normalized spacial score (nSPS) is 16.8. The molecule has 0 saturated carbocycles. The highest BCUT2D eigenvalue weighted by Gasteiger charge is 2.20. The number of fused-ring (bicyclic) bond motifs is 1. The van der Waals surface area contributed by atoms with E-state index in [1.807, 2.05) is 12.3 Å². The van der Waals surface area contributed by atoms with Gasteiger partial charge in [0.1, 0.15) is 0 Å². The second kappa shape index (κ2) is 5.60.